The van der Waals surface area contributed by atoms with Gasteiger partial charge < -0.3 is 9.15 Å². The highest BCUT2D eigenvalue weighted by molar-refractivity contribution is 6.30. The summed E-state index contributed by atoms with van der Waals surface area (Å²) in [5.74, 6) is -2.43. The summed E-state index contributed by atoms with van der Waals surface area (Å²) in [6.45, 7) is 3.23. The molecule has 0 radical (unpaired) electrons. The Labute approximate surface area is 162 Å². The Morgan fingerprint density at radius 2 is 1.75 bits per heavy atom. The van der Waals surface area contributed by atoms with E-state index < -0.39 is 34.8 Å². The van der Waals surface area contributed by atoms with Gasteiger partial charge in [-0.1, -0.05) is 37.6 Å². The largest absolute Gasteiger partial charge is 0.450 e. The van der Waals surface area contributed by atoms with Crippen LogP contribution < -0.4 is 10.2 Å². The van der Waals surface area contributed by atoms with Crippen molar-refractivity contribution in [3.05, 3.63) is 63.5 Å². The van der Waals surface area contributed by atoms with Gasteiger partial charge in [-0.25, -0.2) is 0 Å². The second-order valence-corrected chi connectivity index (χ2v) is 6.81. The van der Waals surface area contributed by atoms with E-state index in [1.807, 2.05) is 0 Å². The van der Waals surface area contributed by atoms with Crippen molar-refractivity contribution in [1.82, 2.24) is 0 Å². The number of hydrogen-bond donors (Lipinski definition) is 0. The maximum Gasteiger partial charge on any atom is 0.450 e. The first kappa shape index (κ1) is 19.9. The van der Waals surface area contributed by atoms with E-state index in [2.05, 4.69) is 0 Å². The second-order valence-electron chi connectivity index (χ2n) is 6.37. The average molecular weight is 411 g/mol. The number of rotatable bonds is 3. The number of esters is 1. The van der Waals surface area contributed by atoms with Crippen LogP contribution in [0.5, 0.6) is 5.75 Å². The van der Waals surface area contributed by atoms with Gasteiger partial charge in [0.1, 0.15) is 11.3 Å². The van der Waals surface area contributed by atoms with Crippen molar-refractivity contribution in [2.45, 2.75) is 20.0 Å². The summed E-state index contributed by atoms with van der Waals surface area (Å²) in [5, 5.41) is 0.251. The SMILES string of the molecule is CC(C)C(=O)Oc1ccc2c(=O)c(-c3ccc(Cl)cc3)c(C(F)(F)F)oc2c1. The fraction of sp³-hybridized carbons (Fsp3) is 0.200. The molecular weight excluding hydrogens is 397 g/mol. The van der Waals surface area contributed by atoms with Gasteiger partial charge in [0.15, 0.2) is 0 Å². The van der Waals surface area contributed by atoms with E-state index in [0.717, 1.165) is 6.07 Å². The van der Waals surface area contributed by atoms with Crippen LogP contribution in [-0.2, 0) is 11.0 Å². The van der Waals surface area contributed by atoms with Gasteiger partial charge in [-0.3, -0.25) is 9.59 Å². The summed E-state index contributed by atoms with van der Waals surface area (Å²) < 4.78 is 50.9. The molecule has 28 heavy (non-hydrogen) atoms. The molecule has 3 aromatic rings. The van der Waals surface area contributed by atoms with Gasteiger partial charge in [0, 0.05) is 11.1 Å². The van der Waals surface area contributed by atoms with Crippen LogP contribution >= 0.6 is 11.6 Å². The molecule has 1 aromatic heterocycles. The Bertz CT molecular complexity index is 1100. The summed E-state index contributed by atoms with van der Waals surface area (Å²) >= 11 is 5.78. The molecule has 4 nitrogen and oxygen atoms in total. The van der Waals surface area contributed by atoms with Gasteiger partial charge in [0.05, 0.1) is 16.9 Å². The maximum atomic E-state index is 13.6. The number of benzene rings is 2. The molecule has 0 unspecified atom stereocenters. The molecule has 3 rings (SSSR count). The lowest BCUT2D eigenvalue weighted by Gasteiger charge is -2.13. The van der Waals surface area contributed by atoms with Crippen LogP contribution in [0.3, 0.4) is 0 Å². The summed E-state index contributed by atoms with van der Waals surface area (Å²) in [6.07, 6.45) is -4.91. The molecule has 1 heterocycles. The monoisotopic (exact) mass is 410 g/mol. The molecule has 0 saturated heterocycles. The lowest BCUT2D eigenvalue weighted by Crippen LogP contribution is -2.17. The summed E-state index contributed by atoms with van der Waals surface area (Å²) in [4.78, 5) is 24.5. The minimum atomic E-state index is -4.91. The molecule has 0 spiro atoms. The number of ether oxygens (including phenoxy) is 1. The third kappa shape index (κ3) is 3.89. The number of fused-ring (bicyclic) bond motifs is 1. The Kier molecular flexibility index (Phi) is 5.21. The molecule has 0 fully saturated rings. The third-order valence-corrected chi connectivity index (χ3v) is 4.20. The average Bonchev–Trinajstić information content (AvgIpc) is 2.61. The summed E-state index contributed by atoms with van der Waals surface area (Å²) in [7, 11) is 0. The molecule has 0 aliphatic rings. The summed E-state index contributed by atoms with van der Waals surface area (Å²) in [6, 6.07) is 9.09. The van der Waals surface area contributed by atoms with Crippen LogP contribution in [0, 0.1) is 5.92 Å². The number of alkyl halides is 3. The quantitative estimate of drug-likeness (QED) is 0.411. The normalized spacial score (nSPS) is 11.8. The van der Waals surface area contributed by atoms with Crippen LogP contribution in [0.2, 0.25) is 5.02 Å². The van der Waals surface area contributed by atoms with Crippen LogP contribution in [0.15, 0.2) is 51.7 Å². The van der Waals surface area contributed by atoms with Crippen molar-refractivity contribution < 1.29 is 27.1 Å². The van der Waals surface area contributed by atoms with E-state index in [1.54, 1.807) is 13.8 Å². The van der Waals surface area contributed by atoms with Gasteiger partial charge in [-0.2, -0.15) is 13.2 Å². The fourth-order valence-electron chi connectivity index (χ4n) is 2.55. The van der Waals surface area contributed by atoms with Gasteiger partial charge in [-0.15, -0.1) is 0 Å². The van der Waals surface area contributed by atoms with Gasteiger partial charge >= 0.3 is 12.1 Å². The first-order valence-corrected chi connectivity index (χ1v) is 8.61. The lowest BCUT2D eigenvalue weighted by molar-refractivity contribution is -0.152. The predicted molar refractivity (Wildman–Crippen MR) is 98.4 cm³/mol. The Balaban J connectivity index is 2.24. The topological polar surface area (TPSA) is 56.5 Å². The van der Waals surface area contributed by atoms with Crippen molar-refractivity contribution in [3.63, 3.8) is 0 Å². The second kappa shape index (κ2) is 7.31. The number of carbonyl (C=O) groups is 1. The van der Waals surface area contributed by atoms with E-state index in [0.29, 0.717) is 5.02 Å². The zero-order valence-corrected chi connectivity index (χ0v) is 15.5. The zero-order chi connectivity index (χ0) is 20.6. The lowest BCUT2D eigenvalue weighted by atomic mass is 10.0. The van der Waals surface area contributed by atoms with E-state index in [4.69, 9.17) is 20.8 Å². The first-order valence-electron chi connectivity index (χ1n) is 8.23. The first-order chi connectivity index (χ1) is 13.1. The molecule has 146 valence electrons. The smallest absolute Gasteiger partial charge is 0.450 e. The number of hydrogen-bond acceptors (Lipinski definition) is 4. The molecule has 0 N–H and O–H groups in total. The zero-order valence-electron chi connectivity index (χ0n) is 14.8. The van der Waals surface area contributed by atoms with E-state index in [-0.39, 0.29) is 22.3 Å². The molecule has 8 heteroatoms. The number of halogens is 4. The fourth-order valence-corrected chi connectivity index (χ4v) is 2.68. The van der Waals surface area contributed by atoms with Crippen LogP contribution in [-0.4, -0.2) is 5.97 Å². The predicted octanol–water partition coefficient (Wildman–Crippen LogP) is 5.69. The van der Waals surface area contributed by atoms with Crippen LogP contribution in [0.1, 0.15) is 19.6 Å². The standard InChI is InChI=1S/C20H14ClF3O4/c1-10(2)19(26)27-13-7-8-14-15(9-13)28-18(20(22,23)24)16(17(14)25)11-3-5-12(21)6-4-11/h3-10H,1-2H3. The van der Waals surface area contributed by atoms with Crippen LogP contribution in [0.4, 0.5) is 13.2 Å². The van der Waals surface area contributed by atoms with Gasteiger partial charge in [0.25, 0.3) is 0 Å². The molecule has 0 aliphatic heterocycles. The highest BCUT2D eigenvalue weighted by Gasteiger charge is 2.39. The van der Waals surface area contributed by atoms with Gasteiger partial charge in [0.2, 0.25) is 11.2 Å². The molecule has 0 atom stereocenters. The minimum absolute atomic E-state index is 0.0123. The molecule has 0 aliphatic carbocycles. The third-order valence-electron chi connectivity index (χ3n) is 3.94. The maximum absolute atomic E-state index is 13.6. The molecule has 2 aromatic carbocycles. The van der Waals surface area contributed by atoms with E-state index in [1.165, 1.54) is 36.4 Å². The Morgan fingerprint density at radius 3 is 2.32 bits per heavy atom. The molecular formula is C20H14ClF3O4. The van der Waals surface area contributed by atoms with Gasteiger partial charge in [-0.05, 0) is 29.8 Å². The highest BCUT2D eigenvalue weighted by atomic mass is 35.5. The Hall–Kier alpha value is -2.80. The van der Waals surface area contributed by atoms with E-state index >= 15 is 0 Å². The number of carbonyl (C=O) groups excluding carboxylic acids is 1. The minimum Gasteiger partial charge on any atom is -0.450 e. The molecule has 0 saturated carbocycles. The van der Waals surface area contributed by atoms with Crippen molar-refractivity contribution in [1.29, 1.82) is 0 Å². The highest BCUT2D eigenvalue weighted by Crippen LogP contribution is 2.38. The summed E-state index contributed by atoms with van der Waals surface area (Å²) in [5.41, 5.74) is -1.76. The molecule has 0 bridgehead atoms. The van der Waals surface area contributed by atoms with Crippen molar-refractivity contribution in [3.8, 4) is 16.9 Å². The Morgan fingerprint density at radius 1 is 1.11 bits per heavy atom. The molecule has 0 amide bonds. The van der Waals surface area contributed by atoms with Crippen molar-refractivity contribution in [2.75, 3.05) is 0 Å². The van der Waals surface area contributed by atoms with Crippen molar-refractivity contribution >= 4 is 28.5 Å². The van der Waals surface area contributed by atoms with Crippen LogP contribution in [0.25, 0.3) is 22.1 Å². The van der Waals surface area contributed by atoms with E-state index in [9.17, 15) is 22.8 Å². The van der Waals surface area contributed by atoms with Crippen molar-refractivity contribution in [2.24, 2.45) is 5.92 Å².